The molecule has 1 aliphatic carbocycles. The molecule has 5 rings (SSSR count). The largest absolute Gasteiger partial charge is 0.455 e. The first kappa shape index (κ1) is 21.7. The number of hydrogen-bond acceptors (Lipinski definition) is 8. The number of amides is 1. The molecule has 0 spiro atoms. The second-order valence-corrected chi connectivity index (χ2v) is 8.78. The van der Waals surface area contributed by atoms with Gasteiger partial charge in [-0.3, -0.25) is 9.59 Å². The molecular formula is C24H27N7O3. The summed E-state index contributed by atoms with van der Waals surface area (Å²) in [7, 11) is 3.72. The monoisotopic (exact) mass is 461 g/mol. The van der Waals surface area contributed by atoms with Crippen molar-refractivity contribution in [3.05, 3.63) is 58.3 Å². The third-order valence-electron chi connectivity index (χ3n) is 6.08. The first-order chi connectivity index (χ1) is 16.3. The average Bonchev–Trinajstić information content (AvgIpc) is 3.58. The highest BCUT2D eigenvalue weighted by Crippen LogP contribution is 2.42. The molecule has 1 atom stereocenters. The Labute approximate surface area is 197 Å². The molecule has 176 valence electrons. The van der Waals surface area contributed by atoms with Crippen LogP contribution in [0.1, 0.15) is 36.8 Å². The van der Waals surface area contributed by atoms with Crippen molar-refractivity contribution in [1.82, 2.24) is 14.5 Å². The minimum atomic E-state index is -0.342. The van der Waals surface area contributed by atoms with Gasteiger partial charge in [-0.05, 0) is 43.4 Å². The molecule has 0 radical (unpaired) electrons. The topological polar surface area (TPSA) is 113 Å². The zero-order chi connectivity index (χ0) is 24.0. The maximum Gasteiger partial charge on any atom is 0.273 e. The SMILES string of the molecule is CC(=O)Nc1cc(Oc2cnc3c(c2C)N(C)C(Nc2cc(C4CC4)cn(C)c2=O)N3)ccn1. The lowest BCUT2D eigenvalue weighted by atomic mass is 10.2. The van der Waals surface area contributed by atoms with E-state index < -0.39 is 0 Å². The summed E-state index contributed by atoms with van der Waals surface area (Å²) in [5.74, 6) is 2.57. The van der Waals surface area contributed by atoms with E-state index in [0.717, 1.165) is 11.3 Å². The van der Waals surface area contributed by atoms with E-state index in [1.807, 2.05) is 31.1 Å². The molecule has 3 aromatic heterocycles. The van der Waals surface area contributed by atoms with Crippen molar-refractivity contribution in [3.63, 3.8) is 0 Å². The van der Waals surface area contributed by atoms with Crippen LogP contribution in [0.2, 0.25) is 0 Å². The molecule has 3 N–H and O–H groups in total. The minimum Gasteiger partial charge on any atom is -0.455 e. The number of carbonyl (C=O) groups excluding carboxylic acids is 1. The number of fused-ring (bicyclic) bond motifs is 1. The molecule has 1 amide bonds. The summed E-state index contributed by atoms with van der Waals surface area (Å²) in [4.78, 5) is 34.7. The highest BCUT2D eigenvalue weighted by Gasteiger charge is 2.31. The van der Waals surface area contributed by atoms with Crippen LogP contribution in [0.3, 0.4) is 0 Å². The van der Waals surface area contributed by atoms with Gasteiger partial charge in [0, 0.05) is 45.0 Å². The van der Waals surface area contributed by atoms with Crippen molar-refractivity contribution in [1.29, 1.82) is 0 Å². The predicted molar refractivity (Wildman–Crippen MR) is 131 cm³/mol. The quantitative estimate of drug-likeness (QED) is 0.512. The van der Waals surface area contributed by atoms with Gasteiger partial charge in [-0.25, -0.2) is 9.97 Å². The maximum absolute atomic E-state index is 12.7. The minimum absolute atomic E-state index is 0.0723. The van der Waals surface area contributed by atoms with Gasteiger partial charge in [0.25, 0.3) is 5.56 Å². The fourth-order valence-corrected chi connectivity index (χ4v) is 4.18. The Morgan fingerprint density at radius 1 is 1.24 bits per heavy atom. The number of nitrogens with one attached hydrogen (secondary N) is 3. The smallest absolute Gasteiger partial charge is 0.273 e. The van der Waals surface area contributed by atoms with E-state index in [0.29, 0.717) is 34.7 Å². The number of ether oxygens (including phenoxy) is 1. The molecule has 34 heavy (non-hydrogen) atoms. The number of hydrogen-bond donors (Lipinski definition) is 3. The molecule has 1 unspecified atom stereocenters. The molecule has 2 aliphatic rings. The normalized spacial score (nSPS) is 16.6. The van der Waals surface area contributed by atoms with Gasteiger partial charge in [-0.15, -0.1) is 0 Å². The van der Waals surface area contributed by atoms with Crippen LogP contribution in [-0.4, -0.2) is 33.8 Å². The Morgan fingerprint density at radius 2 is 2.03 bits per heavy atom. The highest BCUT2D eigenvalue weighted by atomic mass is 16.5. The van der Waals surface area contributed by atoms with Crippen LogP contribution in [0.5, 0.6) is 11.5 Å². The van der Waals surface area contributed by atoms with Gasteiger partial charge < -0.3 is 30.2 Å². The van der Waals surface area contributed by atoms with Crippen LogP contribution in [0, 0.1) is 6.92 Å². The van der Waals surface area contributed by atoms with E-state index in [4.69, 9.17) is 4.74 Å². The van der Waals surface area contributed by atoms with Gasteiger partial charge in [0.1, 0.15) is 17.3 Å². The van der Waals surface area contributed by atoms with Crippen LogP contribution >= 0.6 is 0 Å². The van der Waals surface area contributed by atoms with E-state index in [1.54, 1.807) is 36.1 Å². The lowest BCUT2D eigenvalue weighted by molar-refractivity contribution is -0.114. The number of pyridine rings is 3. The number of nitrogens with zero attached hydrogens (tertiary/aromatic N) is 4. The number of rotatable bonds is 6. The second-order valence-electron chi connectivity index (χ2n) is 8.78. The highest BCUT2D eigenvalue weighted by molar-refractivity contribution is 5.87. The molecule has 0 aromatic carbocycles. The third-order valence-corrected chi connectivity index (χ3v) is 6.08. The van der Waals surface area contributed by atoms with Gasteiger partial charge in [0.05, 0.1) is 11.9 Å². The maximum atomic E-state index is 12.7. The van der Waals surface area contributed by atoms with Crippen molar-refractivity contribution < 1.29 is 9.53 Å². The number of carbonyl (C=O) groups is 1. The van der Waals surface area contributed by atoms with E-state index >= 15 is 0 Å². The predicted octanol–water partition coefficient (Wildman–Crippen LogP) is 3.37. The summed E-state index contributed by atoms with van der Waals surface area (Å²) in [5.41, 5.74) is 3.43. The molecule has 0 saturated heterocycles. The lowest BCUT2D eigenvalue weighted by Crippen LogP contribution is -2.41. The molecule has 3 aromatic rings. The molecule has 1 aliphatic heterocycles. The van der Waals surface area contributed by atoms with Crippen molar-refractivity contribution in [2.24, 2.45) is 7.05 Å². The number of anilines is 4. The zero-order valence-electron chi connectivity index (χ0n) is 19.5. The lowest BCUT2D eigenvalue weighted by Gasteiger charge is -2.25. The molecule has 1 saturated carbocycles. The molecular weight excluding hydrogens is 434 g/mol. The van der Waals surface area contributed by atoms with E-state index in [2.05, 4.69) is 25.9 Å². The number of aromatic nitrogens is 3. The first-order valence-corrected chi connectivity index (χ1v) is 11.2. The molecule has 4 heterocycles. The van der Waals surface area contributed by atoms with Crippen molar-refractivity contribution >= 4 is 28.9 Å². The zero-order valence-corrected chi connectivity index (χ0v) is 19.5. The summed E-state index contributed by atoms with van der Waals surface area (Å²) in [6.07, 6.45) is 7.15. The van der Waals surface area contributed by atoms with Gasteiger partial charge in [0.15, 0.2) is 17.9 Å². The molecule has 0 bridgehead atoms. The second kappa shape index (κ2) is 8.36. The standard InChI is InChI=1S/C24H27N7O3/c1-13-19(34-17-7-8-25-20(10-17)27-14(2)32)11-26-22-21(13)31(4)24(29-22)28-18-9-16(15-5-6-15)12-30(3)23(18)33/h7-12,15,24,28H,5-6H2,1-4H3,(H,26,29)(H,25,27,32). The Hall–Kier alpha value is -4.08. The van der Waals surface area contributed by atoms with Gasteiger partial charge >= 0.3 is 0 Å². The average molecular weight is 462 g/mol. The first-order valence-electron chi connectivity index (χ1n) is 11.2. The summed E-state index contributed by atoms with van der Waals surface area (Å²) < 4.78 is 7.70. The fourth-order valence-electron chi connectivity index (χ4n) is 4.18. The van der Waals surface area contributed by atoms with Crippen molar-refractivity contribution in [2.45, 2.75) is 38.9 Å². The summed E-state index contributed by atoms with van der Waals surface area (Å²) in [5, 5.41) is 9.34. The summed E-state index contributed by atoms with van der Waals surface area (Å²) >= 11 is 0. The van der Waals surface area contributed by atoms with Gasteiger partial charge in [-0.1, -0.05) is 0 Å². The summed E-state index contributed by atoms with van der Waals surface area (Å²) in [6.45, 7) is 3.38. The van der Waals surface area contributed by atoms with Crippen LogP contribution in [-0.2, 0) is 11.8 Å². The summed E-state index contributed by atoms with van der Waals surface area (Å²) in [6, 6.07) is 5.33. The van der Waals surface area contributed by atoms with Crippen LogP contribution in [0.15, 0.2) is 41.6 Å². The van der Waals surface area contributed by atoms with E-state index in [1.165, 1.54) is 25.3 Å². The van der Waals surface area contributed by atoms with E-state index in [-0.39, 0.29) is 17.8 Å². The Balaban J connectivity index is 1.38. The van der Waals surface area contributed by atoms with E-state index in [9.17, 15) is 9.59 Å². The van der Waals surface area contributed by atoms with Crippen LogP contribution in [0.4, 0.5) is 23.0 Å². The Kier molecular flexibility index (Phi) is 5.35. The molecule has 1 fully saturated rings. The molecule has 10 nitrogen and oxygen atoms in total. The third kappa shape index (κ3) is 4.14. The Bertz CT molecular complexity index is 1330. The van der Waals surface area contributed by atoms with Crippen molar-refractivity contribution in [3.8, 4) is 11.5 Å². The van der Waals surface area contributed by atoms with Crippen LogP contribution < -0.4 is 31.1 Å². The fraction of sp³-hybridized carbons (Fsp3) is 0.333. The molecule has 10 heteroatoms. The van der Waals surface area contributed by atoms with Gasteiger partial charge in [-0.2, -0.15) is 0 Å². The van der Waals surface area contributed by atoms with Crippen LogP contribution in [0.25, 0.3) is 0 Å². The number of aryl methyl sites for hydroxylation is 1. The van der Waals surface area contributed by atoms with Gasteiger partial charge in [0.2, 0.25) is 5.91 Å². The van der Waals surface area contributed by atoms with Crippen molar-refractivity contribution in [2.75, 3.05) is 27.9 Å². The Morgan fingerprint density at radius 3 is 2.76 bits per heavy atom.